The first-order valence-electron chi connectivity index (χ1n) is 5.32. The predicted octanol–water partition coefficient (Wildman–Crippen LogP) is 2.81. The Kier molecular flexibility index (Phi) is 3.28. The first-order valence-corrected chi connectivity index (χ1v) is 5.32. The molecule has 0 saturated heterocycles. The van der Waals surface area contributed by atoms with Crippen molar-refractivity contribution in [1.82, 2.24) is 4.98 Å². The van der Waals surface area contributed by atoms with Crippen LogP contribution in [0.2, 0.25) is 0 Å². The SMILES string of the molecule is Cc1nc(Oc2ccc([N+](=O)[O-])c(F)c2)ccc1N. The van der Waals surface area contributed by atoms with Crippen molar-refractivity contribution in [2.24, 2.45) is 0 Å². The van der Waals surface area contributed by atoms with E-state index in [1.807, 2.05) is 0 Å². The second-order valence-corrected chi connectivity index (χ2v) is 3.80. The number of hydrogen-bond donors (Lipinski definition) is 1. The van der Waals surface area contributed by atoms with Crippen LogP contribution < -0.4 is 10.5 Å². The average molecular weight is 263 g/mol. The van der Waals surface area contributed by atoms with Crippen molar-refractivity contribution in [2.75, 3.05) is 5.73 Å². The molecule has 0 aliphatic heterocycles. The number of hydrogen-bond acceptors (Lipinski definition) is 5. The van der Waals surface area contributed by atoms with Crippen molar-refractivity contribution >= 4 is 11.4 Å². The lowest BCUT2D eigenvalue weighted by Crippen LogP contribution is -1.96. The van der Waals surface area contributed by atoms with E-state index in [1.54, 1.807) is 13.0 Å². The highest BCUT2D eigenvalue weighted by Crippen LogP contribution is 2.26. The molecule has 0 radical (unpaired) electrons. The summed E-state index contributed by atoms with van der Waals surface area (Å²) in [4.78, 5) is 13.7. The van der Waals surface area contributed by atoms with Gasteiger partial charge < -0.3 is 10.5 Å². The molecular formula is C12H10FN3O3. The maximum absolute atomic E-state index is 13.4. The Labute approximate surface area is 107 Å². The van der Waals surface area contributed by atoms with Gasteiger partial charge in [0.1, 0.15) is 5.75 Å². The predicted molar refractivity (Wildman–Crippen MR) is 66.5 cm³/mol. The molecule has 0 fully saturated rings. The zero-order valence-corrected chi connectivity index (χ0v) is 9.96. The molecule has 98 valence electrons. The van der Waals surface area contributed by atoms with Crippen molar-refractivity contribution < 1.29 is 14.1 Å². The number of anilines is 1. The zero-order chi connectivity index (χ0) is 14.0. The van der Waals surface area contributed by atoms with Crippen LogP contribution in [0.15, 0.2) is 30.3 Å². The highest BCUT2D eigenvalue weighted by atomic mass is 19.1. The van der Waals surface area contributed by atoms with E-state index in [9.17, 15) is 14.5 Å². The Balaban J connectivity index is 2.26. The summed E-state index contributed by atoms with van der Waals surface area (Å²) in [6, 6.07) is 6.41. The van der Waals surface area contributed by atoms with Crippen molar-refractivity contribution in [3.05, 3.63) is 52.0 Å². The van der Waals surface area contributed by atoms with E-state index in [1.165, 1.54) is 12.1 Å². The molecule has 0 atom stereocenters. The lowest BCUT2D eigenvalue weighted by molar-refractivity contribution is -0.387. The number of aryl methyl sites for hydroxylation is 1. The standard InChI is InChI=1S/C12H10FN3O3/c1-7-10(14)3-5-12(15-7)19-8-2-4-11(16(17)18)9(13)6-8/h2-6H,14H2,1H3. The Morgan fingerprint density at radius 1 is 1.37 bits per heavy atom. The molecule has 0 spiro atoms. The fraction of sp³-hybridized carbons (Fsp3) is 0.0833. The van der Waals surface area contributed by atoms with Gasteiger partial charge in [0.2, 0.25) is 11.7 Å². The van der Waals surface area contributed by atoms with Crippen LogP contribution in [0, 0.1) is 22.9 Å². The number of nitro groups is 1. The van der Waals surface area contributed by atoms with Crippen LogP contribution in [-0.4, -0.2) is 9.91 Å². The van der Waals surface area contributed by atoms with E-state index in [2.05, 4.69) is 4.98 Å². The summed E-state index contributed by atoms with van der Waals surface area (Å²) in [5.41, 5.74) is 6.10. The number of nitrogens with zero attached hydrogens (tertiary/aromatic N) is 2. The molecule has 7 heteroatoms. The van der Waals surface area contributed by atoms with E-state index in [-0.39, 0.29) is 11.6 Å². The number of nitrogen functional groups attached to an aromatic ring is 1. The van der Waals surface area contributed by atoms with Gasteiger partial charge in [-0.15, -0.1) is 0 Å². The minimum Gasteiger partial charge on any atom is -0.439 e. The van der Waals surface area contributed by atoms with Crippen LogP contribution >= 0.6 is 0 Å². The van der Waals surface area contributed by atoms with Gasteiger partial charge in [0.05, 0.1) is 16.3 Å². The molecule has 0 unspecified atom stereocenters. The number of nitrogens with two attached hydrogens (primary N) is 1. The smallest absolute Gasteiger partial charge is 0.305 e. The number of ether oxygens (including phenoxy) is 1. The van der Waals surface area contributed by atoms with Crippen LogP contribution in [0.5, 0.6) is 11.6 Å². The monoisotopic (exact) mass is 263 g/mol. The molecule has 1 aromatic heterocycles. The van der Waals surface area contributed by atoms with Gasteiger partial charge in [0, 0.05) is 18.2 Å². The summed E-state index contributed by atoms with van der Waals surface area (Å²) in [5, 5.41) is 10.5. The summed E-state index contributed by atoms with van der Waals surface area (Å²) in [5.74, 6) is -0.602. The molecular weight excluding hydrogens is 253 g/mol. The highest BCUT2D eigenvalue weighted by molar-refractivity contribution is 5.45. The lowest BCUT2D eigenvalue weighted by Gasteiger charge is -2.06. The number of aromatic nitrogens is 1. The van der Waals surface area contributed by atoms with E-state index < -0.39 is 16.4 Å². The van der Waals surface area contributed by atoms with Crippen molar-refractivity contribution in [3.63, 3.8) is 0 Å². The minimum atomic E-state index is -0.963. The van der Waals surface area contributed by atoms with Gasteiger partial charge in [-0.2, -0.15) is 4.39 Å². The Hall–Kier alpha value is -2.70. The fourth-order valence-corrected chi connectivity index (χ4v) is 1.43. The number of halogens is 1. The maximum Gasteiger partial charge on any atom is 0.305 e. The van der Waals surface area contributed by atoms with Crippen molar-refractivity contribution in [1.29, 1.82) is 0 Å². The zero-order valence-electron chi connectivity index (χ0n) is 9.96. The van der Waals surface area contributed by atoms with Crippen LogP contribution in [0.4, 0.5) is 15.8 Å². The molecule has 0 aliphatic rings. The average Bonchev–Trinajstić information content (AvgIpc) is 2.33. The summed E-state index contributed by atoms with van der Waals surface area (Å²) in [7, 11) is 0. The largest absolute Gasteiger partial charge is 0.439 e. The molecule has 2 rings (SSSR count). The van der Waals surface area contributed by atoms with Crippen LogP contribution in [0.1, 0.15) is 5.69 Å². The fourth-order valence-electron chi connectivity index (χ4n) is 1.43. The molecule has 1 heterocycles. The molecule has 1 aromatic carbocycles. The molecule has 0 amide bonds. The third kappa shape index (κ3) is 2.76. The van der Waals surface area contributed by atoms with E-state index in [0.717, 1.165) is 12.1 Å². The third-order valence-corrected chi connectivity index (χ3v) is 2.44. The third-order valence-electron chi connectivity index (χ3n) is 2.44. The first-order chi connectivity index (χ1) is 8.97. The van der Waals surface area contributed by atoms with Crippen LogP contribution in [-0.2, 0) is 0 Å². The van der Waals surface area contributed by atoms with E-state index in [4.69, 9.17) is 10.5 Å². The van der Waals surface area contributed by atoms with Gasteiger partial charge in [-0.25, -0.2) is 4.98 Å². The number of rotatable bonds is 3. The second kappa shape index (κ2) is 4.89. The topological polar surface area (TPSA) is 91.3 Å². The normalized spacial score (nSPS) is 10.2. The number of pyridine rings is 1. The lowest BCUT2D eigenvalue weighted by atomic mass is 10.3. The van der Waals surface area contributed by atoms with E-state index in [0.29, 0.717) is 11.4 Å². The molecule has 6 nitrogen and oxygen atoms in total. The summed E-state index contributed by atoms with van der Waals surface area (Å²) >= 11 is 0. The van der Waals surface area contributed by atoms with Gasteiger partial charge in [-0.1, -0.05) is 0 Å². The van der Waals surface area contributed by atoms with E-state index >= 15 is 0 Å². The molecule has 0 aliphatic carbocycles. The van der Waals surface area contributed by atoms with Gasteiger partial charge in [0.15, 0.2) is 0 Å². The molecule has 2 aromatic rings. The number of benzene rings is 1. The second-order valence-electron chi connectivity index (χ2n) is 3.80. The molecule has 0 saturated carbocycles. The van der Waals surface area contributed by atoms with Crippen LogP contribution in [0.3, 0.4) is 0 Å². The van der Waals surface area contributed by atoms with Gasteiger partial charge in [-0.3, -0.25) is 10.1 Å². The molecule has 0 bridgehead atoms. The summed E-state index contributed by atoms with van der Waals surface area (Å²) in [6.45, 7) is 1.71. The minimum absolute atomic E-state index is 0.125. The summed E-state index contributed by atoms with van der Waals surface area (Å²) in [6.07, 6.45) is 0. The van der Waals surface area contributed by atoms with Crippen molar-refractivity contribution in [3.8, 4) is 11.6 Å². The molecule has 2 N–H and O–H groups in total. The maximum atomic E-state index is 13.4. The summed E-state index contributed by atoms with van der Waals surface area (Å²) < 4.78 is 18.7. The quantitative estimate of drug-likeness (QED) is 0.679. The number of nitro benzene ring substituents is 1. The first kappa shape index (κ1) is 12.7. The van der Waals surface area contributed by atoms with Crippen LogP contribution in [0.25, 0.3) is 0 Å². The van der Waals surface area contributed by atoms with Gasteiger partial charge in [-0.05, 0) is 19.1 Å². The van der Waals surface area contributed by atoms with Crippen molar-refractivity contribution in [2.45, 2.75) is 6.92 Å². The Morgan fingerprint density at radius 3 is 2.68 bits per heavy atom. The van der Waals surface area contributed by atoms with Gasteiger partial charge in [0.25, 0.3) is 0 Å². The molecule has 19 heavy (non-hydrogen) atoms. The highest BCUT2D eigenvalue weighted by Gasteiger charge is 2.14. The van der Waals surface area contributed by atoms with Gasteiger partial charge >= 0.3 is 5.69 Å². The Bertz CT molecular complexity index is 646. The Morgan fingerprint density at radius 2 is 2.11 bits per heavy atom.